The zero-order chi connectivity index (χ0) is 13.9. The lowest BCUT2D eigenvalue weighted by Gasteiger charge is -2.28. The molecule has 2 nitrogen and oxygen atoms in total. The summed E-state index contributed by atoms with van der Waals surface area (Å²) in [4.78, 5) is 2.58. The topological polar surface area (TPSA) is 29.3 Å². The Morgan fingerprint density at radius 3 is 2.58 bits per heavy atom. The lowest BCUT2D eigenvalue weighted by molar-refractivity contribution is 0.301. The Labute approximate surface area is 118 Å². The summed E-state index contributed by atoms with van der Waals surface area (Å²) in [6.07, 6.45) is 4.89. The van der Waals surface area contributed by atoms with Gasteiger partial charge in [-0.1, -0.05) is 31.5 Å². The van der Waals surface area contributed by atoms with Gasteiger partial charge in [0.15, 0.2) is 0 Å². The molecular formula is C17H28N2. The van der Waals surface area contributed by atoms with Crippen LogP contribution in [0.1, 0.15) is 44.2 Å². The average molecular weight is 260 g/mol. The molecule has 0 saturated carbocycles. The largest absolute Gasteiger partial charge is 0.371 e. The van der Waals surface area contributed by atoms with E-state index < -0.39 is 0 Å². The Balaban J connectivity index is 2.23. The quantitative estimate of drug-likeness (QED) is 0.878. The van der Waals surface area contributed by atoms with Gasteiger partial charge in [-0.2, -0.15) is 0 Å². The maximum Gasteiger partial charge on any atom is 0.0399 e. The van der Waals surface area contributed by atoms with Crippen LogP contribution in [-0.2, 0) is 6.42 Å². The van der Waals surface area contributed by atoms with Gasteiger partial charge in [0.2, 0.25) is 0 Å². The zero-order valence-electron chi connectivity index (χ0n) is 12.7. The highest BCUT2D eigenvalue weighted by atomic mass is 15.2. The van der Waals surface area contributed by atoms with Crippen LogP contribution in [0.15, 0.2) is 18.2 Å². The number of hydrogen-bond acceptors (Lipinski definition) is 2. The molecule has 1 aliphatic heterocycles. The summed E-state index contributed by atoms with van der Waals surface area (Å²) in [5.74, 6) is 0. The first-order chi connectivity index (χ1) is 9.14. The van der Waals surface area contributed by atoms with Crippen molar-refractivity contribution < 1.29 is 0 Å². The standard InChI is InChI=1S/C17H28N2/c1-4-17(5-2)9-11-19(13-17)16-7-6-14(3)12-15(16)8-10-18/h6-7,12H,4-5,8-11,13,18H2,1-3H3. The van der Waals surface area contributed by atoms with E-state index in [1.807, 2.05) is 0 Å². The van der Waals surface area contributed by atoms with Gasteiger partial charge in [-0.15, -0.1) is 0 Å². The summed E-state index contributed by atoms with van der Waals surface area (Å²) in [7, 11) is 0. The van der Waals surface area contributed by atoms with Gasteiger partial charge in [-0.25, -0.2) is 0 Å². The average Bonchev–Trinajstić information content (AvgIpc) is 2.84. The highest BCUT2D eigenvalue weighted by Gasteiger charge is 2.35. The van der Waals surface area contributed by atoms with Gasteiger partial charge in [0.25, 0.3) is 0 Å². The Morgan fingerprint density at radius 2 is 2.00 bits per heavy atom. The molecule has 19 heavy (non-hydrogen) atoms. The van der Waals surface area contributed by atoms with Crippen molar-refractivity contribution in [1.29, 1.82) is 0 Å². The van der Waals surface area contributed by atoms with Crippen LogP contribution < -0.4 is 10.6 Å². The van der Waals surface area contributed by atoms with Crippen LogP contribution in [0.5, 0.6) is 0 Å². The van der Waals surface area contributed by atoms with Crippen LogP contribution in [0.2, 0.25) is 0 Å². The van der Waals surface area contributed by atoms with E-state index in [0.29, 0.717) is 5.41 Å². The Hall–Kier alpha value is -1.02. The van der Waals surface area contributed by atoms with E-state index in [1.165, 1.54) is 49.2 Å². The number of nitrogens with two attached hydrogens (primary N) is 1. The second-order valence-electron chi connectivity index (χ2n) is 6.05. The summed E-state index contributed by atoms with van der Waals surface area (Å²) in [6, 6.07) is 6.83. The number of rotatable bonds is 5. The molecule has 0 aliphatic carbocycles. The molecule has 0 amide bonds. The fourth-order valence-electron chi connectivity index (χ4n) is 3.35. The second kappa shape index (κ2) is 5.96. The highest BCUT2D eigenvalue weighted by molar-refractivity contribution is 5.56. The molecule has 0 spiro atoms. The third kappa shape index (κ3) is 2.94. The minimum Gasteiger partial charge on any atom is -0.371 e. The summed E-state index contributed by atoms with van der Waals surface area (Å²) < 4.78 is 0. The molecule has 1 aliphatic rings. The molecular weight excluding hydrogens is 232 g/mol. The minimum absolute atomic E-state index is 0.533. The van der Waals surface area contributed by atoms with Crippen LogP contribution in [0.25, 0.3) is 0 Å². The van der Waals surface area contributed by atoms with Crippen molar-refractivity contribution in [2.45, 2.75) is 46.5 Å². The van der Waals surface area contributed by atoms with Crippen molar-refractivity contribution in [3.05, 3.63) is 29.3 Å². The van der Waals surface area contributed by atoms with Crippen LogP contribution >= 0.6 is 0 Å². The Morgan fingerprint density at radius 1 is 1.26 bits per heavy atom. The van der Waals surface area contributed by atoms with E-state index in [2.05, 4.69) is 43.9 Å². The molecule has 0 atom stereocenters. The molecule has 1 saturated heterocycles. The van der Waals surface area contributed by atoms with E-state index in [4.69, 9.17) is 5.73 Å². The lowest BCUT2D eigenvalue weighted by Crippen LogP contribution is -2.27. The minimum atomic E-state index is 0.533. The van der Waals surface area contributed by atoms with E-state index in [-0.39, 0.29) is 0 Å². The second-order valence-corrected chi connectivity index (χ2v) is 6.05. The smallest absolute Gasteiger partial charge is 0.0399 e. The maximum absolute atomic E-state index is 5.77. The van der Waals surface area contributed by atoms with E-state index in [1.54, 1.807) is 0 Å². The molecule has 0 bridgehead atoms. The van der Waals surface area contributed by atoms with Crippen molar-refractivity contribution in [3.8, 4) is 0 Å². The highest BCUT2D eigenvalue weighted by Crippen LogP contribution is 2.40. The van der Waals surface area contributed by atoms with E-state index in [9.17, 15) is 0 Å². The third-order valence-corrected chi connectivity index (χ3v) is 4.93. The molecule has 0 unspecified atom stereocenters. The number of hydrogen-bond donors (Lipinski definition) is 1. The molecule has 1 heterocycles. The van der Waals surface area contributed by atoms with Gasteiger partial charge < -0.3 is 10.6 Å². The normalized spacial score (nSPS) is 18.0. The van der Waals surface area contributed by atoms with Crippen molar-refractivity contribution in [1.82, 2.24) is 0 Å². The number of benzene rings is 1. The number of aryl methyl sites for hydroxylation is 1. The van der Waals surface area contributed by atoms with Crippen LogP contribution in [0.4, 0.5) is 5.69 Å². The molecule has 1 aromatic carbocycles. The van der Waals surface area contributed by atoms with Gasteiger partial charge in [0.05, 0.1) is 0 Å². The molecule has 2 rings (SSSR count). The number of anilines is 1. The zero-order valence-corrected chi connectivity index (χ0v) is 12.7. The fraction of sp³-hybridized carbons (Fsp3) is 0.647. The van der Waals surface area contributed by atoms with Gasteiger partial charge in [-0.05, 0) is 56.2 Å². The first-order valence-corrected chi connectivity index (χ1v) is 7.68. The van der Waals surface area contributed by atoms with Crippen LogP contribution in [0.3, 0.4) is 0 Å². The first kappa shape index (κ1) is 14.4. The molecule has 0 radical (unpaired) electrons. The van der Waals surface area contributed by atoms with Gasteiger partial charge in [-0.3, -0.25) is 0 Å². The van der Waals surface area contributed by atoms with Gasteiger partial charge in [0.1, 0.15) is 0 Å². The Kier molecular flexibility index (Phi) is 4.51. The summed E-state index contributed by atoms with van der Waals surface area (Å²) in [5.41, 5.74) is 10.5. The Bertz CT molecular complexity index is 421. The maximum atomic E-state index is 5.77. The van der Waals surface area contributed by atoms with Crippen LogP contribution in [0, 0.1) is 12.3 Å². The van der Waals surface area contributed by atoms with Crippen molar-refractivity contribution >= 4 is 5.69 Å². The van der Waals surface area contributed by atoms with Crippen LogP contribution in [-0.4, -0.2) is 19.6 Å². The van der Waals surface area contributed by atoms with Crippen molar-refractivity contribution in [2.75, 3.05) is 24.5 Å². The molecule has 106 valence electrons. The molecule has 0 aromatic heterocycles. The third-order valence-electron chi connectivity index (χ3n) is 4.93. The molecule has 2 heteroatoms. The monoisotopic (exact) mass is 260 g/mol. The van der Waals surface area contributed by atoms with Crippen molar-refractivity contribution in [2.24, 2.45) is 11.1 Å². The molecule has 1 aromatic rings. The van der Waals surface area contributed by atoms with Gasteiger partial charge in [0, 0.05) is 18.8 Å². The predicted molar refractivity (Wildman–Crippen MR) is 83.8 cm³/mol. The van der Waals surface area contributed by atoms with E-state index in [0.717, 1.165) is 13.0 Å². The predicted octanol–water partition coefficient (Wildman–Crippen LogP) is 3.51. The molecule has 2 N–H and O–H groups in total. The fourth-order valence-corrected chi connectivity index (χ4v) is 3.35. The first-order valence-electron chi connectivity index (χ1n) is 7.68. The summed E-state index contributed by atoms with van der Waals surface area (Å²) in [6.45, 7) is 9.97. The number of nitrogens with zero attached hydrogens (tertiary/aromatic N) is 1. The SMILES string of the molecule is CCC1(CC)CCN(c2ccc(C)cc2CCN)C1. The lowest BCUT2D eigenvalue weighted by atomic mass is 9.82. The van der Waals surface area contributed by atoms with Crippen molar-refractivity contribution in [3.63, 3.8) is 0 Å². The summed E-state index contributed by atoms with van der Waals surface area (Å²) >= 11 is 0. The summed E-state index contributed by atoms with van der Waals surface area (Å²) in [5, 5.41) is 0. The van der Waals surface area contributed by atoms with E-state index >= 15 is 0 Å². The molecule has 1 fully saturated rings. The van der Waals surface area contributed by atoms with Gasteiger partial charge >= 0.3 is 0 Å².